The van der Waals surface area contributed by atoms with E-state index in [0.717, 1.165) is 6.42 Å². The second-order valence-electron chi connectivity index (χ2n) is 4.15. The average molecular weight is 278 g/mol. The number of allylic oxidation sites excluding steroid dienone is 1. The van der Waals surface area contributed by atoms with Crippen LogP contribution in [0.3, 0.4) is 0 Å². The minimum absolute atomic E-state index is 0.217. The highest BCUT2D eigenvalue weighted by Crippen LogP contribution is 2.09. The maximum absolute atomic E-state index is 11.9. The van der Waals surface area contributed by atoms with Gasteiger partial charge in [0.2, 0.25) is 0 Å². The van der Waals surface area contributed by atoms with Gasteiger partial charge in [-0.15, -0.1) is 6.58 Å². The van der Waals surface area contributed by atoms with Crippen LogP contribution in [-0.4, -0.2) is 25.4 Å². The van der Waals surface area contributed by atoms with Gasteiger partial charge in [-0.2, -0.15) is 0 Å². The monoisotopic (exact) mass is 278 g/mol. The Morgan fingerprint density at radius 1 is 1.26 bits per heavy atom. The fraction of sp³-hybridized carbons (Fsp3) is 0.333. The summed E-state index contributed by atoms with van der Waals surface area (Å²) < 4.78 is 23.7. The molecule has 1 aromatic carbocycles. The second-order valence-corrected chi connectivity index (χ2v) is 6.14. The SMILES string of the molecule is C=CCCC(O)CC#CCS(=O)(=O)c1ccccc1. The molecule has 4 heteroatoms. The van der Waals surface area contributed by atoms with E-state index in [2.05, 4.69) is 18.4 Å². The first-order valence-electron chi connectivity index (χ1n) is 6.09. The van der Waals surface area contributed by atoms with Crippen LogP contribution in [0, 0.1) is 11.8 Å². The van der Waals surface area contributed by atoms with Crippen molar-refractivity contribution in [1.29, 1.82) is 0 Å². The molecule has 0 aliphatic carbocycles. The first-order chi connectivity index (χ1) is 9.06. The molecule has 0 heterocycles. The van der Waals surface area contributed by atoms with Crippen molar-refractivity contribution in [3.63, 3.8) is 0 Å². The maximum Gasteiger partial charge on any atom is 0.189 e. The summed E-state index contributed by atoms with van der Waals surface area (Å²) in [5.41, 5.74) is 0. The van der Waals surface area contributed by atoms with Gasteiger partial charge in [-0.3, -0.25) is 0 Å². The zero-order chi connectivity index (χ0) is 14.1. The van der Waals surface area contributed by atoms with Crippen molar-refractivity contribution in [3.8, 4) is 11.8 Å². The van der Waals surface area contributed by atoms with Gasteiger partial charge < -0.3 is 5.11 Å². The van der Waals surface area contributed by atoms with Crippen molar-refractivity contribution in [1.82, 2.24) is 0 Å². The molecule has 0 aromatic heterocycles. The third kappa shape index (κ3) is 5.73. The van der Waals surface area contributed by atoms with Crippen molar-refractivity contribution in [2.45, 2.75) is 30.3 Å². The Morgan fingerprint density at radius 3 is 2.58 bits per heavy atom. The molecular weight excluding hydrogens is 260 g/mol. The number of rotatable bonds is 6. The van der Waals surface area contributed by atoms with Gasteiger partial charge in [0.05, 0.1) is 11.0 Å². The van der Waals surface area contributed by atoms with Crippen LogP contribution in [0.25, 0.3) is 0 Å². The summed E-state index contributed by atoms with van der Waals surface area (Å²) >= 11 is 0. The van der Waals surface area contributed by atoms with Crippen molar-refractivity contribution in [2.75, 3.05) is 5.75 Å². The normalized spacial score (nSPS) is 12.3. The Balaban J connectivity index is 2.51. The van der Waals surface area contributed by atoms with Crippen molar-refractivity contribution < 1.29 is 13.5 Å². The Bertz CT molecular complexity index is 550. The molecule has 0 aliphatic rings. The highest BCUT2D eigenvalue weighted by molar-refractivity contribution is 7.91. The topological polar surface area (TPSA) is 54.4 Å². The van der Waals surface area contributed by atoms with Crippen LogP contribution < -0.4 is 0 Å². The first-order valence-corrected chi connectivity index (χ1v) is 7.74. The number of aliphatic hydroxyl groups excluding tert-OH is 1. The second kappa shape index (κ2) is 7.78. The van der Waals surface area contributed by atoms with Gasteiger partial charge in [0.1, 0.15) is 5.75 Å². The molecule has 19 heavy (non-hydrogen) atoms. The minimum Gasteiger partial charge on any atom is -0.392 e. The van der Waals surface area contributed by atoms with Gasteiger partial charge in [-0.25, -0.2) is 8.42 Å². The van der Waals surface area contributed by atoms with Gasteiger partial charge in [0, 0.05) is 6.42 Å². The molecular formula is C15H18O3S. The van der Waals surface area contributed by atoms with E-state index >= 15 is 0 Å². The first kappa shape index (κ1) is 15.5. The smallest absolute Gasteiger partial charge is 0.189 e. The van der Waals surface area contributed by atoms with E-state index in [-0.39, 0.29) is 17.1 Å². The molecule has 1 unspecified atom stereocenters. The number of aliphatic hydroxyl groups is 1. The maximum atomic E-state index is 11.9. The third-order valence-electron chi connectivity index (χ3n) is 2.53. The fourth-order valence-corrected chi connectivity index (χ4v) is 2.49. The Labute approximate surface area is 114 Å². The molecule has 0 saturated heterocycles. The molecule has 1 atom stereocenters. The molecule has 1 N–H and O–H groups in total. The van der Waals surface area contributed by atoms with E-state index in [1.807, 2.05) is 0 Å². The van der Waals surface area contributed by atoms with Gasteiger partial charge in [-0.05, 0) is 25.0 Å². The van der Waals surface area contributed by atoms with Crippen molar-refractivity contribution in [3.05, 3.63) is 43.0 Å². The number of sulfone groups is 1. The highest BCUT2D eigenvalue weighted by Gasteiger charge is 2.11. The van der Waals surface area contributed by atoms with Crippen LogP contribution in [0.15, 0.2) is 47.9 Å². The molecule has 0 saturated carbocycles. The third-order valence-corrected chi connectivity index (χ3v) is 4.05. The van der Waals surface area contributed by atoms with Crippen molar-refractivity contribution in [2.24, 2.45) is 0 Å². The predicted octanol–water partition coefficient (Wildman–Crippen LogP) is 2.18. The number of hydrogen-bond donors (Lipinski definition) is 1. The molecule has 0 fully saturated rings. The molecule has 102 valence electrons. The lowest BCUT2D eigenvalue weighted by Gasteiger charge is -2.03. The lowest BCUT2D eigenvalue weighted by molar-refractivity contribution is 0.171. The summed E-state index contributed by atoms with van der Waals surface area (Å²) in [6, 6.07) is 8.23. The van der Waals surface area contributed by atoms with Crippen LogP contribution in [0.4, 0.5) is 0 Å². The van der Waals surface area contributed by atoms with E-state index in [1.165, 1.54) is 0 Å². The van der Waals surface area contributed by atoms with Gasteiger partial charge >= 0.3 is 0 Å². The Morgan fingerprint density at radius 2 is 1.95 bits per heavy atom. The lowest BCUT2D eigenvalue weighted by atomic mass is 10.1. The zero-order valence-corrected chi connectivity index (χ0v) is 11.6. The van der Waals surface area contributed by atoms with Crippen LogP contribution in [0.2, 0.25) is 0 Å². The molecule has 0 spiro atoms. The highest BCUT2D eigenvalue weighted by atomic mass is 32.2. The molecule has 3 nitrogen and oxygen atoms in total. The van der Waals surface area contributed by atoms with E-state index in [4.69, 9.17) is 0 Å². The summed E-state index contributed by atoms with van der Waals surface area (Å²) in [6.07, 6.45) is 2.83. The number of benzene rings is 1. The largest absolute Gasteiger partial charge is 0.392 e. The van der Waals surface area contributed by atoms with Gasteiger partial charge in [0.15, 0.2) is 9.84 Å². The Kier molecular flexibility index (Phi) is 6.34. The van der Waals surface area contributed by atoms with Crippen LogP contribution in [-0.2, 0) is 9.84 Å². The van der Waals surface area contributed by atoms with Gasteiger partial charge in [-0.1, -0.05) is 36.1 Å². The Hall–Kier alpha value is -1.57. The standard InChI is InChI=1S/C15H18O3S/c1-2-3-9-14(16)10-7-8-13-19(17,18)15-11-5-4-6-12-15/h2,4-6,11-12,14,16H,1,3,9-10,13H2. The quantitative estimate of drug-likeness (QED) is 0.641. The van der Waals surface area contributed by atoms with Crippen LogP contribution in [0.5, 0.6) is 0 Å². The van der Waals surface area contributed by atoms with Crippen LogP contribution >= 0.6 is 0 Å². The van der Waals surface area contributed by atoms with Crippen LogP contribution in [0.1, 0.15) is 19.3 Å². The molecule has 0 radical (unpaired) electrons. The minimum atomic E-state index is -3.35. The lowest BCUT2D eigenvalue weighted by Crippen LogP contribution is -2.06. The van der Waals surface area contributed by atoms with E-state index in [0.29, 0.717) is 6.42 Å². The molecule has 1 aromatic rings. The van der Waals surface area contributed by atoms with E-state index < -0.39 is 15.9 Å². The van der Waals surface area contributed by atoms with E-state index in [9.17, 15) is 13.5 Å². The molecule has 1 rings (SSSR count). The summed E-state index contributed by atoms with van der Waals surface area (Å²) in [5.74, 6) is 5.10. The summed E-state index contributed by atoms with van der Waals surface area (Å²) in [4.78, 5) is 0.275. The zero-order valence-electron chi connectivity index (χ0n) is 10.7. The van der Waals surface area contributed by atoms with Crippen molar-refractivity contribution >= 4 is 9.84 Å². The summed E-state index contributed by atoms with van der Waals surface area (Å²) in [5, 5.41) is 9.53. The van der Waals surface area contributed by atoms with E-state index in [1.54, 1.807) is 36.4 Å². The number of hydrogen-bond acceptors (Lipinski definition) is 3. The average Bonchev–Trinajstić information content (AvgIpc) is 2.42. The predicted molar refractivity (Wildman–Crippen MR) is 76.3 cm³/mol. The van der Waals surface area contributed by atoms with Gasteiger partial charge in [0.25, 0.3) is 0 Å². The molecule has 0 aliphatic heterocycles. The summed E-state index contributed by atoms with van der Waals surface area (Å²) in [7, 11) is -3.35. The molecule has 0 bridgehead atoms. The molecule has 0 amide bonds. The summed E-state index contributed by atoms with van der Waals surface area (Å²) in [6.45, 7) is 3.57. The fourth-order valence-electron chi connectivity index (χ4n) is 1.46.